The van der Waals surface area contributed by atoms with Crippen LogP contribution in [0.3, 0.4) is 0 Å². The van der Waals surface area contributed by atoms with Gasteiger partial charge in [-0.3, -0.25) is 19.1 Å². The van der Waals surface area contributed by atoms with Crippen molar-refractivity contribution in [3.8, 4) is 28.5 Å². The number of sulfonamides is 1. The molecule has 0 radical (unpaired) electrons. The minimum Gasteiger partial charge on any atom is -0.497 e. The lowest BCUT2D eigenvalue weighted by Crippen LogP contribution is -2.57. The summed E-state index contributed by atoms with van der Waals surface area (Å²) in [6, 6.07) is 18.3. The standard InChI is InChI=1S/C46H57N5O9S/c1-9-17-34-41(52)51-61(56,57)25-16-11-10-13-20-30-26-31(39(42(53)48-34)49-43(54)40(45(2,3)4)50-44(55)60-46(5,6)7)21-24-37(30)59-38-28-35(29-18-14-12-15-19-29)47-36-27-32(58-8)22-23-33(36)38/h12-15,18-24,26-28,34,39-40H,9-11,16-17,25H2,1-8H3,(H,48,53)(H,49,54)(H,50,55)(H,51,52)/b20-13+/t34-,39?,40+/m0/s1. The van der Waals surface area contributed by atoms with Crippen LogP contribution in [0.1, 0.15) is 97.7 Å². The first-order chi connectivity index (χ1) is 28.8. The normalized spacial score (nSPS) is 18.5. The molecule has 4 N–H and O–H groups in total. The molecule has 4 amide bonds. The van der Waals surface area contributed by atoms with Gasteiger partial charge in [-0.2, -0.15) is 0 Å². The largest absolute Gasteiger partial charge is 0.497 e. The molecule has 326 valence electrons. The first-order valence-corrected chi connectivity index (χ1v) is 22.1. The van der Waals surface area contributed by atoms with Crippen molar-refractivity contribution >= 4 is 50.8 Å². The summed E-state index contributed by atoms with van der Waals surface area (Å²) in [6.45, 7) is 12.2. The molecule has 0 aliphatic carbocycles. The van der Waals surface area contributed by atoms with Gasteiger partial charge in [-0.25, -0.2) is 18.2 Å². The monoisotopic (exact) mass is 855 g/mol. The minimum atomic E-state index is -4.02. The van der Waals surface area contributed by atoms with Gasteiger partial charge in [0.15, 0.2) is 0 Å². The molecule has 2 heterocycles. The summed E-state index contributed by atoms with van der Waals surface area (Å²) < 4.78 is 45.7. The molecule has 0 saturated heterocycles. The number of allylic oxidation sites excluding steroid dienone is 1. The SMILES string of the molecule is CCC[C@@H]1NC(=O)C(NC(=O)[C@@H](NC(=O)OC(C)(C)C)C(C)(C)C)c2ccc(Oc3cc(-c4ccccc4)nc4cc(OC)ccc34)c(c2)/C=C/CCCCS(=O)(=O)NC1=O. The number of fused-ring (bicyclic) bond motifs is 3. The lowest BCUT2D eigenvalue weighted by Gasteiger charge is -2.33. The van der Waals surface area contributed by atoms with Crippen LogP contribution < -0.4 is 30.1 Å². The number of carbonyl (C=O) groups excluding carboxylic acids is 4. The Bertz CT molecular complexity index is 2370. The van der Waals surface area contributed by atoms with E-state index in [0.717, 1.165) is 5.56 Å². The zero-order chi connectivity index (χ0) is 44.5. The van der Waals surface area contributed by atoms with Crippen LogP contribution >= 0.6 is 0 Å². The Balaban J connectivity index is 1.63. The van der Waals surface area contributed by atoms with E-state index in [1.165, 1.54) is 0 Å². The highest BCUT2D eigenvalue weighted by atomic mass is 32.2. The van der Waals surface area contributed by atoms with Gasteiger partial charge in [-0.15, -0.1) is 0 Å². The summed E-state index contributed by atoms with van der Waals surface area (Å²) in [5, 5.41) is 8.89. The van der Waals surface area contributed by atoms with Crippen LogP contribution in [0.5, 0.6) is 17.2 Å². The molecule has 1 aromatic heterocycles. The highest BCUT2D eigenvalue weighted by Crippen LogP contribution is 2.37. The number of amides is 4. The fraction of sp³-hybridized carbons (Fsp3) is 0.413. The number of ether oxygens (including phenoxy) is 3. The van der Waals surface area contributed by atoms with E-state index in [2.05, 4.69) is 20.7 Å². The maximum atomic E-state index is 14.4. The third-order valence-electron chi connectivity index (χ3n) is 9.77. The topological polar surface area (TPSA) is 191 Å². The first kappa shape index (κ1) is 46.1. The van der Waals surface area contributed by atoms with Crippen molar-refractivity contribution in [1.29, 1.82) is 0 Å². The molecular weight excluding hydrogens is 799 g/mol. The summed E-state index contributed by atoms with van der Waals surface area (Å²) in [4.78, 5) is 60.0. The van der Waals surface area contributed by atoms with Crippen molar-refractivity contribution in [2.24, 2.45) is 5.41 Å². The van der Waals surface area contributed by atoms with Crippen molar-refractivity contribution in [3.63, 3.8) is 0 Å². The van der Waals surface area contributed by atoms with Crippen molar-refractivity contribution in [2.45, 2.75) is 104 Å². The number of hydrogen-bond acceptors (Lipinski definition) is 10. The predicted octanol–water partition coefficient (Wildman–Crippen LogP) is 7.73. The number of aromatic nitrogens is 1. The third-order valence-corrected chi connectivity index (χ3v) is 11.1. The van der Waals surface area contributed by atoms with Crippen LogP contribution in [0, 0.1) is 5.41 Å². The lowest BCUT2D eigenvalue weighted by molar-refractivity contribution is -0.133. The van der Waals surface area contributed by atoms with Gasteiger partial charge in [0.05, 0.1) is 24.1 Å². The van der Waals surface area contributed by atoms with Crippen molar-refractivity contribution < 1.29 is 41.8 Å². The Labute approximate surface area is 358 Å². The fourth-order valence-electron chi connectivity index (χ4n) is 6.71. The van der Waals surface area contributed by atoms with E-state index in [1.807, 2.05) is 66.7 Å². The van der Waals surface area contributed by atoms with Crippen LogP contribution in [-0.2, 0) is 29.1 Å². The number of methoxy groups -OCH3 is 1. The van der Waals surface area contributed by atoms with E-state index in [-0.39, 0.29) is 18.6 Å². The average Bonchev–Trinajstić information content (AvgIpc) is 3.18. The highest BCUT2D eigenvalue weighted by molar-refractivity contribution is 7.90. The number of rotatable bonds is 9. The summed E-state index contributed by atoms with van der Waals surface area (Å²) in [6.07, 6.45) is 4.72. The number of carbonyl (C=O) groups is 4. The second-order valence-electron chi connectivity index (χ2n) is 17.1. The van der Waals surface area contributed by atoms with Crippen LogP contribution in [0.15, 0.2) is 78.9 Å². The minimum absolute atomic E-state index is 0.121. The Morgan fingerprint density at radius 3 is 2.33 bits per heavy atom. The molecule has 4 aromatic rings. The van der Waals surface area contributed by atoms with E-state index in [0.29, 0.717) is 64.2 Å². The molecule has 2 bridgehead atoms. The van der Waals surface area contributed by atoms with Crippen molar-refractivity contribution in [2.75, 3.05) is 12.9 Å². The lowest BCUT2D eigenvalue weighted by atomic mass is 9.86. The maximum Gasteiger partial charge on any atom is 0.408 e. The summed E-state index contributed by atoms with van der Waals surface area (Å²) >= 11 is 0. The highest BCUT2D eigenvalue weighted by Gasteiger charge is 2.37. The molecular formula is C46H57N5O9S. The molecule has 15 heteroatoms. The van der Waals surface area contributed by atoms with E-state index >= 15 is 0 Å². The number of nitrogens with one attached hydrogen (secondary N) is 4. The molecule has 0 spiro atoms. The van der Waals surface area contributed by atoms with Crippen molar-refractivity contribution in [1.82, 2.24) is 25.7 Å². The van der Waals surface area contributed by atoms with E-state index < -0.39 is 63.0 Å². The maximum absolute atomic E-state index is 14.4. The van der Waals surface area contributed by atoms with E-state index in [9.17, 15) is 27.6 Å². The van der Waals surface area contributed by atoms with Gasteiger partial charge in [0.2, 0.25) is 21.8 Å². The molecule has 3 atom stereocenters. The zero-order valence-corrected chi connectivity index (χ0v) is 36.9. The number of nitrogens with zero attached hydrogens (tertiary/aromatic N) is 1. The average molecular weight is 856 g/mol. The molecule has 5 rings (SSSR count). The molecule has 1 unspecified atom stereocenters. The molecule has 1 aliphatic heterocycles. The molecule has 1 aliphatic rings. The third kappa shape index (κ3) is 12.8. The van der Waals surface area contributed by atoms with Gasteiger partial charge in [-0.1, -0.05) is 82.7 Å². The number of hydrogen-bond donors (Lipinski definition) is 4. The Morgan fingerprint density at radius 1 is 0.918 bits per heavy atom. The number of alkyl carbamates (subject to hydrolysis) is 1. The zero-order valence-electron chi connectivity index (χ0n) is 36.1. The molecule has 0 fully saturated rings. The number of benzene rings is 3. The smallest absolute Gasteiger partial charge is 0.408 e. The van der Waals surface area contributed by atoms with Crippen molar-refractivity contribution in [3.05, 3.63) is 90.0 Å². The van der Waals surface area contributed by atoms with E-state index in [1.54, 1.807) is 73.8 Å². The van der Waals surface area contributed by atoms with Gasteiger partial charge >= 0.3 is 6.09 Å². The van der Waals surface area contributed by atoms with Crippen LogP contribution in [0.2, 0.25) is 0 Å². The predicted molar refractivity (Wildman–Crippen MR) is 235 cm³/mol. The summed E-state index contributed by atoms with van der Waals surface area (Å²) in [5.74, 6) is -1.11. The molecule has 3 aromatic carbocycles. The van der Waals surface area contributed by atoms with Gasteiger partial charge in [0.25, 0.3) is 5.91 Å². The van der Waals surface area contributed by atoms with E-state index in [4.69, 9.17) is 19.2 Å². The number of pyridine rings is 1. The second kappa shape index (κ2) is 19.6. The second-order valence-corrected chi connectivity index (χ2v) is 18.9. The molecule has 61 heavy (non-hydrogen) atoms. The summed E-state index contributed by atoms with van der Waals surface area (Å²) in [7, 11) is -2.43. The Hall–Kier alpha value is -5.96. The van der Waals surface area contributed by atoms with Crippen LogP contribution in [0.4, 0.5) is 4.79 Å². The van der Waals surface area contributed by atoms with Crippen LogP contribution in [0.25, 0.3) is 28.2 Å². The van der Waals surface area contributed by atoms with Gasteiger partial charge in [0.1, 0.15) is 41.0 Å². The first-order valence-electron chi connectivity index (χ1n) is 20.4. The summed E-state index contributed by atoms with van der Waals surface area (Å²) in [5.41, 5.74) is 1.35. The molecule has 0 saturated carbocycles. The quantitative estimate of drug-likeness (QED) is 0.130. The fourth-order valence-corrected chi connectivity index (χ4v) is 7.85. The van der Waals surface area contributed by atoms with Crippen LogP contribution in [-0.4, -0.2) is 67.8 Å². The van der Waals surface area contributed by atoms with Gasteiger partial charge in [0, 0.05) is 28.6 Å². The Morgan fingerprint density at radius 2 is 1.66 bits per heavy atom. The van der Waals surface area contributed by atoms with Gasteiger partial charge < -0.3 is 30.2 Å². The van der Waals surface area contributed by atoms with Gasteiger partial charge in [-0.05, 0) is 81.7 Å². The molecule has 14 nitrogen and oxygen atoms in total. The Kier molecular flexibility index (Phi) is 14.8.